The summed E-state index contributed by atoms with van der Waals surface area (Å²) in [6.07, 6.45) is -1.43. The van der Waals surface area contributed by atoms with E-state index < -0.39 is 17.6 Å². The zero-order chi connectivity index (χ0) is 21.6. The van der Waals surface area contributed by atoms with Crippen LogP contribution in [0.1, 0.15) is 15.9 Å². The molecule has 3 rings (SSSR count). The highest BCUT2D eigenvalue weighted by Crippen LogP contribution is 2.30. The number of ether oxygens (including phenoxy) is 1. The molecule has 0 fully saturated rings. The van der Waals surface area contributed by atoms with Crippen molar-refractivity contribution in [2.24, 2.45) is 0 Å². The Balaban J connectivity index is 1.54. The third-order valence-corrected chi connectivity index (χ3v) is 3.90. The molecule has 0 bridgehead atoms. The van der Waals surface area contributed by atoms with Crippen LogP contribution in [0.15, 0.2) is 73.1 Å². The summed E-state index contributed by atoms with van der Waals surface area (Å²) in [4.78, 5) is 28.1. The molecule has 2 aromatic carbocycles. The van der Waals surface area contributed by atoms with E-state index in [1.807, 2.05) is 0 Å². The standard InChI is InChI=1S/C21H16F3N3O3/c22-21(23,24)15-4-6-18(7-5-15)30-13-19(28)26-16-2-1-3-17(12-16)27-20(29)14-8-10-25-11-9-14/h1-12H,13H2,(H,26,28)(H,27,29). The van der Waals surface area contributed by atoms with Crippen LogP contribution in [-0.2, 0) is 11.0 Å². The van der Waals surface area contributed by atoms with E-state index in [-0.39, 0.29) is 18.3 Å². The number of benzene rings is 2. The molecule has 3 aromatic rings. The highest BCUT2D eigenvalue weighted by Gasteiger charge is 2.30. The number of amides is 2. The maximum atomic E-state index is 12.6. The number of carbonyl (C=O) groups excluding carboxylic acids is 2. The molecule has 9 heteroatoms. The first-order valence-electron chi connectivity index (χ1n) is 8.72. The van der Waals surface area contributed by atoms with Gasteiger partial charge in [-0.15, -0.1) is 0 Å². The van der Waals surface area contributed by atoms with Crippen molar-refractivity contribution in [1.82, 2.24) is 4.98 Å². The maximum Gasteiger partial charge on any atom is 0.416 e. The summed E-state index contributed by atoms with van der Waals surface area (Å²) in [6.45, 7) is -0.390. The van der Waals surface area contributed by atoms with Crippen molar-refractivity contribution in [3.05, 3.63) is 84.2 Å². The molecule has 0 saturated carbocycles. The number of aromatic nitrogens is 1. The molecule has 2 amide bonds. The summed E-state index contributed by atoms with van der Waals surface area (Å²) in [5, 5.41) is 5.30. The molecule has 0 aliphatic heterocycles. The van der Waals surface area contributed by atoms with Gasteiger partial charge in [0.25, 0.3) is 11.8 Å². The third kappa shape index (κ3) is 5.81. The van der Waals surface area contributed by atoms with E-state index >= 15 is 0 Å². The summed E-state index contributed by atoms with van der Waals surface area (Å²) >= 11 is 0. The second-order valence-electron chi connectivity index (χ2n) is 6.13. The van der Waals surface area contributed by atoms with Crippen molar-refractivity contribution in [2.45, 2.75) is 6.18 Å². The van der Waals surface area contributed by atoms with E-state index in [2.05, 4.69) is 15.6 Å². The largest absolute Gasteiger partial charge is 0.484 e. The van der Waals surface area contributed by atoms with E-state index in [0.717, 1.165) is 24.3 Å². The summed E-state index contributed by atoms with van der Waals surface area (Å²) in [6, 6.07) is 13.7. The molecule has 0 atom stereocenters. The van der Waals surface area contributed by atoms with Gasteiger partial charge >= 0.3 is 6.18 Å². The highest BCUT2D eigenvalue weighted by molar-refractivity contribution is 6.04. The number of anilines is 2. The normalized spacial score (nSPS) is 10.9. The van der Waals surface area contributed by atoms with E-state index in [4.69, 9.17) is 4.74 Å². The molecule has 2 N–H and O–H groups in total. The minimum absolute atomic E-state index is 0.136. The van der Waals surface area contributed by atoms with Gasteiger partial charge in [-0.3, -0.25) is 14.6 Å². The number of nitrogens with one attached hydrogen (secondary N) is 2. The SMILES string of the molecule is O=C(COc1ccc(C(F)(F)F)cc1)Nc1cccc(NC(=O)c2ccncc2)c1. The lowest BCUT2D eigenvalue weighted by molar-refractivity contribution is -0.137. The molecule has 0 aliphatic rings. The quantitative estimate of drug-likeness (QED) is 0.627. The second kappa shape index (κ2) is 9.08. The summed E-state index contributed by atoms with van der Waals surface area (Å²) in [5.41, 5.74) is 0.524. The average Bonchev–Trinajstić information content (AvgIpc) is 2.73. The van der Waals surface area contributed by atoms with Crippen LogP contribution in [0.2, 0.25) is 0 Å². The van der Waals surface area contributed by atoms with Crippen LogP contribution in [0.25, 0.3) is 0 Å². The van der Waals surface area contributed by atoms with Gasteiger partial charge in [0, 0.05) is 29.3 Å². The van der Waals surface area contributed by atoms with Crippen LogP contribution in [0, 0.1) is 0 Å². The minimum Gasteiger partial charge on any atom is -0.484 e. The molecule has 0 unspecified atom stereocenters. The first kappa shape index (κ1) is 20.8. The van der Waals surface area contributed by atoms with Crippen LogP contribution in [0.5, 0.6) is 5.75 Å². The van der Waals surface area contributed by atoms with Gasteiger partial charge in [0.2, 0.25) is 0 Å². The van der Waals surface area contributed by atoms with Crippen molar-refractivity contribution >= 4 is 23.2 Å². The van der Waals surface area contributed by atoms with E-state index in [9.17, 15) is 22.8 Å². The Hall–Kier alpha value is -3.88. The van der Waals surface area contributed by atoms with Gasteiger partial charge in [-0.05, 0) is 54.6 Å². The molecular weight excluding hydrogens is 399 g/mol. The Morgan fingerprint density at radius 2 is 1.53 bits per heavy atom. The van der Waals surface area contributed by atoms with Crippen molar-refractivity contribution in [3.8, 4) is 5.75 Å². The number of hydrogen-bond donors (Lipinski definition) is 2. The Morgan fingerprint density at radius 1 is 0.900 bits per heavy atom. The van der Waals surface area contributed by atoms with E-state index in [1.54, 1.807) is 36.4 Å². The van der Waals surface area contributed by atoms with Gasteiger partial charge in [-0.25, -0.2) is 0 Å². The average molecular weight is 415 g/mol. The monoisotopic (exact) mass is 415 g/mol. The van der Waals surface area contributed by atoms with Gasteiger partial charge in [0.15, 0.2) is 6.61 Å². The fourth-order valence-electron chi connectivity index (χ4n) is 2.47. The predicted octanol–water partition coefficient (Wildman–Crippen LogP) is 4.37. The lowest BCUT2D eigenvalue weighted by Gasteiger charge is -2.11. The predicted molar refractivity (Wildman–Crippen MR) is 104 cm³/mol. The molecule has 0 radical (unpaired) electrons. The van der Waals surface area contributed by atoms with E-state index in [1.165, 1.54) is 12.4 Å². The molecule has 1 heterocycles. The number of hydrogen-bond acceptors (Lipinski definition) is 4. The topological polar surface area (TPSA) is 80.3 Å². The van der Waals surface area contributed by atoms with Crippen molar-refractivity contribution in [3.63, 3.8) is 0 Å². The van der Waals surface area contributed by atoms with Crippen molar-refractivity contribution in [2.75, 3.05) is 17.2 Å². The molecule has 0 aliphatic carbocycles. The zero-order valence-electron chi connectivity index (χ0n) is 15.4. The molecule has 30 heavy (non-hydrogen) atoms. The van der Waals surface area contributed by atoms with Crippen LogP contribution in [-0.4, -0.2) is 23.4 Å². The molecule has 1 aromatic heterocycles. The molecule has 154 valence electrons. The van der Waals surface area contributed by atoms with Crippen LogP contribution in [0.3, 0.4) is 0 Å². The Labute approximate surface area is 169 Å². The Morgan fingerprint density at radius 3 is 2.17 bits per heavy atom. The van der Waals surface area contributed by atoms with Crippen molar-refractivity contribution < 1.29 is 27.5 Å². The highest BCUT2D eigenvalue weighted by atomic mass is 19.4. The summed E-state index contributed by atoms with van der Waals surface area (Å²) in [5.74, 6) is -0.699. The molecule has 0 saturated heterocycles. The van der Waals surface area contributed by atoms with E-state index in [0.29, 0.717) is 16.9 Å². The molecular formula is C21H16F3N3O3. The first-order valence-corrected chi connectivity index (χ1v) is 8.72. The van der Waals surface area contributed by atoms with Gasteiger partial charge in [-0.2, -0.15) is 13.2 Å². The summed E-state index contributed by atoms with van der Waals surface area (Å²) < 4.78 is 42.9. The van der Waals surface area contributed by atoms with Crippen molar-refractivity contribution in [1.29, 1.82) is 0 Å². The second-order valence-corrected chi connectivity index (χ2v) is 6.13. The lowest BCUT2D eigenvalue weighted by atomic mass is 10.2. The smallest absolute Gasteiger partial charge is 0.416 e. The van der Waals surface area contributed by atoms with Gasteiger partial charge < -0.3 is 15.4 Å². The Kier molecular flexibility index (Phi) is 6.31. The third-order valence-electron chi connectivity index (χ3n) is 3.90. The Bertz CT molecular complexity index is 1020. The number of pyridine rings is 1. The molecule has 6 nitrogen and oxygen atoms in total. The van der Waals surface area contributed by atoms with Gasteiger partial charge in [0.1, 0.15) is 5.75 Å². The minimum atomic E-state index is -4.44. The number of halogens is 3. The molecule has 0 spiro atoms. The fourth-order valence-corrected chi connectivity index (χ4v) is 2.47. The maximum absolute atomic E-state index is 12.6. The van der Waals surface area contributed by atoms with Crippen LogP contribution < -0.4 is 15.4 Å². The number of alkyl halides is 3. The summed E-state index contributed by atoms with van der Waals surface area (Å²) in [7, 11) is 0. The lowest BCUT2D eigenvalue weighted by Crippen LogP contribution is -2.20. The number of nitrogens with zero attached hydrogens (tertiary/aromatic N) is 1. The van der Waals surface area contributed by atoms with Gasteiger partial charge in [0.05, 0.1) is 5.56 Å². The van der Waals surface area contributed by atoms with Crippen LogP contribution >= 0.6 is 0 Å². The zero-order valence-corrected chi connectivity index (χ0v) is 15.4. The first-order chi connectivity index (χ1) is 14.3. The number of carbonyl (C=O) groups is 2. The fraction of sp³-hybridized carbons (Fsp3) is 0.0952. The number of rotatable bonds is 6. The van der Waals surface area contributed by atoms with Crippen LogP contribution in [0.4, 0.5) is 24.5 Å². The van der Waals surface area contributed by atoms with Gasteiger partial charge in [-0.1, -0.05) is 6.07 Å².